The Hall–Kier alpha value is -0.930. The van der Waals surface area contributed by atoms with Crippen molar-refractivity contribution in [3.63, 3.8) is 0 Å². The van der Waals surface area contributed by atoms with E-state index >= 15 is 0 Å². The second kappa shape index (κ2) is 6.30. The van der Waals surface area contributed by atoms with Gasteiger partial charge in [0.15, 0.2) is 0 Å². The summed E-state index contributed by atoms with van der Waals surface area (Å²) >= 11 is 0. The molecular formula is C15H24FNO. The molecule has 0 aliphatic carbocycles. The molecule has 0 bridgehead atoms. The molecule has 0 amide bonds. The van der Waals surface area contributed by atoms with Crippen molar-refractivity contribution in [3.8, 4) is 0 Å². The molecule has 0 saturated carbocycles. The minimum absolute atomic E-state index is 0.128. The first-order chi connectivity index (χ1) is 8.34. The lowest BCUT2D eigenvalue weighted by molar-refractivity contribution is 0.00782. The van der Waals surface area contributed by atoms with Crippen LogP contribution in [0.1, 0.15) is 45.7 Å². The minimum Gasteiger partial charge on any atom is -0.379 e. The molecular weight excluding hydrogens is 229 g/mol. The fraction of sp³-hybridized carbons (Fsp3) is 0.600. The molecule has 1 rings (SSSR count). The van der Waals surface area contributed by atoms with Gasteiger partial charge in [-0.3, -0.25) is 0 Å². The number of hydrogen-bond donors (Lipinski definition) is 1. The van der Waals surface area contributed by atoms with E-state index in [1.165, 1.54) is 6.07 Å². The molecule has 1 aromatic rings. The fourth-order valence-corrected chi connectivity index (χ4v) is 2.18. The second-order valence-corrected chi connectivity index (χ2v) is 5.51. The quantitative estimate of drug-likeness (QED) is 0.835. The lowest BCUT2D eigenvalue weighted by atomic mass is 9.98. The standard InChI is InChI=1S/C15H24FNO/c1-11(10-15(3,4)18-5)17-12(2)13-7-6-8-14(16)9-13/h6-9,11-12,17H,10H2,1-5H3/t11?,12-/m0/s1. The first-order valence-electron chi connectivity index (χ1n) is 6.41. The van der Waals surface area contributed by atoms with Crippen LogP contribution in [0, 0.1) is 5.82 Å². The van der Waals surface area contributed by atoms with Crippen molar-refractivity contribution in [1.82, 2.24) is 5.32 Å². The number of methoxy groups -OCH3 is 1. The van der Waals surface area contributed by atoms with Crippen molar-refractivity contribution in [1.29, 1.82) is 0 Å². The highest BCUT2D eigenvalue weighted by Gasteiger charge is 2.21. The van der Waals surface area contributed by atoms with E-state index in [2.05, 4.69) is 26.1 Å². The molecule has 2 atom stereocenters. The SMILES string of the molecule is COC(C)(C)CC(C)N[C@@H](C)c1cccc(F)c1. The minimum atomic E-state index is -0.189. The number of rotatable bonds is 6. The molecule has 18 heavy (non-hydrogen) atoms. The molecule has 0 fully saturated rings. The van der Waals surface area contributed by atoms with Crippen LogP contribution in [0.5, 0.6) is 0 Å². The third kappa shape index (κ3) is 4.75. The molecule has 0 radical (unpaired) electrons. The smallest absolute Gasteiger partial charge is 0.123 e. The zero-order chi connectivity index (χ0) is 13.8. The van der Waals surface area contributed by atoms with Crippen molar-refractivity contribution >= 4 is 0 Å². The van der Waals surface area contributed by atoms with Crippen molar-refractivity contribution in [3.05, 3.63) is 35.6 Å². The van der Waals surface area contributed by atoms with Crippen molar-refractivity contribution in [2.45, 2.75) is 51.8 Å². The molecule has 1 unspecified atom stereocenters. The lowest BCUT2D eigenvalue weighted by Crippen LogP contribution is -2.36. The predicted octanol–water partition coefficient (Wildman–Crippen LogP) is 3.68. The second-order valence-electron chi connectivity index (χ2n) is 5.51. The van der Waals surface area contributed by atoms with E-state index in [4.69, 9.17) is 4.74 Å². The van der Waals surface area contributed by atoms with Crippen LogP contribution in [0.15, 0.2) is 24.3 Å². The number of ether oxygens (including phenoxy) is 1. The van der Waals surface area contributed by atoms with E-state index in [0.717, 1.165) is 12.0 Å². The van der Waals surface area contributed by atoms with E-state index in [1.54, 1.807) is 19.2 Å². The van der Waals surface area contributed by atoms with Crippen LogP contribution in [0.25, 0.3) is 0 Å². The maximum Gasteiger partial charge on any atom is 0.123 e. The molecule has 0 aliphatic rings. The summed E-state index contributed by atoms with van der Waals surface area (Å²) in [5, 5.41) is 3.47. The normalized spacial score (nSPS) is 15.4. The van der Waals surface area contributed by atoms with Crippen LogP contribution in [0.3, 0.4) is 0 Å². The first-order valence-corrected chi connectivity index (χ1v) is 6.41. The highest BCUT2D eigenvalue weighted by Crippen LogP contribution is 2.19. The lowest BCUT2D eigenvalue weighted by Gasteiger charge is -2.29. The van der Waals surface area contributed by atoms with Gasteiger partial charge in [0.25, 0.3) is 0 Å². The van der Waals surface area contributed by atoms with Crippen LogP contribution in [0.2, 0.25) is 0 Å². The molecule has 0 aromatic heterocycles. The molecule has 0 saturated heterocycles. The number of benzene rings is 1. The summed E-state index contributed by atoms with van der Waals surface area (Å²) in [6, 6.07) is 7.16. The van der Waals surface area contributed by atoms with E-state index < -0.39 is 0 Å². The van der Waals surface area contributed by atoms with E-state index in [9.17, 15) is 4.39 Å². The summed E-state index contributed by atoms with van der Waals surface area (Å²) in [6.45, 7) is 8.30. The maximum atomic E-state index is 13.1. The summed E-state index contributed by atoms with van der Waals surface area (Å²) in [4.78, 5) is 0. The van der Waals surface area contributed by atoms with Gasteiger partial charge in [-0.1, -0.05) is 12.1 Å². The Morgan fingerprint density at radius 2 is 2.00 bits per heavy atom. The monoisotopic (exact) mass is 253 g/mol. The zero-order valence-electron chi connectivity index (χ0n) is 12.0. The highest BCUT2D eigenvalue weighted by atomic mass is 19.1. The van der Waals surface area contributed by atoms with Crippen molar-refractivity contribution < 1.29 is 9.13 Å². The van der Waals surface area contributed by atoms with E-state index in [1.807, 2.05) is 13.0 Å². The van der Waals surface area contributed by atoms with Gasteiger partial charge >= 0.3 is 0 Å². The average molecular weight is 253 g/mol. The first kappa shape index (κ1) is 15.1. The Labute approximate surface area is 110 Å². The maximum absolute atomic E-state index is 13.1. The molecule has 0 heterocycles. The zero-order valence-corrected chi connectivity index (χ0v) is 12.0. The topological polar surface area (TPSA) is 21.3 Å². The third-order valence-electron chi connectivity index (χ3n) is 3.23. The largest absolute Gasteiger partial charge is 0.379 e. The molecule has 1 N–H and O–H groups in total. The predicted molar refractivity (Wildman–Crippen MR) is 73.1 cm³/mol. The van der Waals surface area contributed by atoms with Gasteiger partial charge in [0.2, 0.25) is 0 Å². The van der Waals surface area contributed by atoms with E-state index in [0.29, 0.717) is 6.04 Å². The summed E-state index contributed by atoms with van der Waals surface area (Å²) in [5.41, 5.74) is 0.825. The number of hydrogen-bond acceptors (Lipinski definition) is 2. The fourth-order valence-electron chi connectivity index (χ4n) is 2.18. The summed E-state index contributed by atoms with van der Waals surface area (Å²) in [6.07, 6.45) is 0.906. The molecule has 0 spiro atoms. The summed E-state index contributed by atoms with van der Waals surface area (Å²) in [5.74, 6) is -0.189. The Morgan fingerprint density at radius 3 is 2.56 bits per heavy atom. The molecule has 3 heteroatoms. The summed E-state index contributed by atoms with van der Waals surface area (Å²) < 4.78 is 18.6. The van der Waals surface area contributed by atoms with Crippen molar-refractivity contribution in [2.75, 3.05) is 7.11 Å². The van der Waals surface area contributed by atoms with Gasteiger partial charge in [0.1, 0.15) is 5.82 Å². The molecule has 2 nitrogen and oxygen atoms in total. The number of halogens is 1. The van der Waals surface area contributed by atoms with Gasteiger partial charge < -0.3 is 10.1 Å². The van der Waals surface area contributed by atoms with Gasteiger partial charge in [-0.05, 0) is 51.8 Å². The molecule has 0 aliphatic heterocycles. The Bertz CT molecular complexity index is 379. The van der Waals surface area contributed by atoms with Gasteiger partial charge in [0.05, 0.1) is 5.60 Å². The Kier molecular flexibility index (Phi) is 5.29. The van der Waals surface area contributed by atoms with Crippen LogP contribution in [0.4, 0.5) is 4.39 Å². The van der Waals surface area contributed by atoms with Crippen LogP contribution in [-0.2, 0) is 4.74 Å². The van der Waals surface area contributed by atoms with Crippen LogP contribution in [-0.4, -0.2) is 18.8 Å². The van der Waals surface area contributed by atoms with Gasteiger partial charge in [-0.15, -0.1) is 0 Å². The van der Waals surface area contributed by atoms with Crippen LogP contribution < -0.4 is 5.32 Å². The van der Waals surface area contributed by atoms with Gasteiger partial charge in [-0.2, -0.15) is 0 Å². The molecule has 102 valence electrons. The van der Waals surface area contributed by atoms with Crippen LogP contribution >= 0.6 is 0 Å². The molecule has 1 aromatic carbocycles. The van der Waals surface area contributed by atoms with Gasteiger partial charge in [-0.25, -0.2) is 4.39 Å². The van der Waals surface area contributed by atoms with Crippen molar-refractivity contribution in [2.24, 2.45) is 0 Å². The third-order valence-corrected chi connectivity index (χ3v) is 3.23. The Balaban J connectivity index is 2.57. The van der Waals surface area contributed by atoms with E-state index in [-0.39, 0.29) is 17.5 Å². The highest BCUT2D eigenvalue weighted by molar-refractivity contribution is 5.19. The average Bonchev–Trinajstić information content (AvgIpc) is 2.28. The number of nitrogens with one attached hydrogen (secondary N) is 1. The Morgan fingerprint density at radius 1 is 1.33 bits per heavy atom. The van der Waals surface area contributed by atoms with Gasteiger partial charge in [0, 0.05) is 19.2 Å². The summed E-state index contributed by atoms with van der Waals surface area (Å²) in [7, 11) is 1.72.